The van der Waals surface area contributed by atoms with Gasteiger partial charge in [0, 0.05) is 117 Å². The van der Waals surface area contributed by atoms with E-state index < -0.39 is 0 Å². The average molecular weight is 1820 g/mol. The molecule has 4 N–H and O–H groups in total. The Morgan fingerprint density at radius 3 is 1.09 bits per heavy atom. The number of pyridine rings is 3. The Kier molecular flexibility index (Phi) is 29.2. The molecule has 15 heterocycles. The number of halogens is 4. The zero-order chi connectivity index (χ0) is 93.1. The number of benzene rings is 5. The Bertz CT molecular complexity index is 6790. The van der Waals surface area contributed by atoms with Gasteiger partial charge in [0.05, 0.1) is 130 Å². The third-order valence-electron chi connectivity index (χ3n) is 24.4. The molecule has 29 heteroatoms. The minimum atomic E-state index is -0.269. The van der Waals surface area contributed by atoms with E-state index in [1.165, 1.54) is 55.0 Å². The summed E-state index contributed by atoms with van der Waals surface area (Å²) in [4.78, 5) is 69.9. The van der Waals surface area contributed by atoms with Gasteiger partial charge < -0.3 is 49.0 Å². The van der Waals surface area contributed by atoms with Gasteiger partial charge in [0.15, 0.2) is 0 Å². The molecule has 11 aromatic heterocycles. The van der Waals surface area contributed by atoms with Gasteiger partial charge in [0.25, 0.3) is 0 Å². The second kappa shape index (κ2) is 43.5. The van der Waals surface area contributed by atoms with Crippen LogP contribution in [0.15, 0.2) is 262 Å². The van der Waals surface area contributed by atoms with Crippen LogP contribution in [0.2, 0.25) is 0 Å². The van der Waals surface area contributed by atoms with E-state index in [9.17, 15) is 17.6 Å². The first-order valence-corrected chi connectivity index (χ1v) is 46.6. The maximum absolute atomic E-state index is 13.7. The number of hydrogen-bond donors (Lipinski definition) is 4. The van der Waals surface area contributed by atoms with Crippen molar-refractivity contribution in [2.24, 2.45) is 0 Å². The molecule has 0 saturated heterocycles. The van der Waals surface area contributed by atoms with Crippen molar-refractivity contribution in [1.82, 2.24) is 93.0 Å². The van der Waals surface area contributed by atoms with Gasteiger partial charge in [-0.25, -0.2) is 77.4 Å². The predicted molar refractivity (Wildman–Crippen MR) is 524 cm³/mol. The lowest BCUT2D eigenvalue weighted by atomic mass is 9.93. The van der Waals surface area contributed by atoms with E-state index in [-0.39, 0.29) is 47.4 Å². The van der Waals surface area contributed by atoms with Gasteiger partial charge in [-0.05, 0) is 258 Å². The van der Waals surface area contributed by atoms with Crippen LogP contribution in [0.3, 0.4) is 0 Å². The Morgan fingerprint density at radius 2 is 0.728 bits per heavy atom. The van der Waals surface area contributed by atoms with Crippen molar-refractivity contribution < 1.29 is 27.0 Å². The van der Waals surface area contributed by atoms with Crippen LogP contribution in [0.5, 0.6) is 5.75 Å². The monoisotopic (exact) mass is 1820 g/mol. The predicted octanol–water partition coefficient (Wildman–Crippen LogP) is 22.5. The molecular weight excluding hydrogens is 1720 g/mol. The lowest BCUT2D eigenvalue weighted by Gasteiger charge is -2.26. The van der Waals surface area contributed by atoms with Crippen LogP contribution in [0.4, 0.5) is 41.4 Å². The van der Waals surface area contributed by atoms with Gasteiger partial charge in [0.2, 0.25) is 23.8 Å². The van der Waals surface area contributed by atoms with E-state index in [2.05, 4.69) is 119 Å². The molecule has 1 saturated carbocycles. The van der Waals surface area contributed by atoms with E-state index in [1.54, 1.807) is 99.0 Å². The van der Waals surface area contributed by atoms with Crippen molar-refractivity contribution >= 4 is 42.0 Å². The molecule has 0 spiro atoms. The molecule has 0 amide bonds. The summed E-state index contributed by atoms with van der Waals surface area (Å²) in [5.41, 5.74) is 17.4. The number of rotatable bonds is 30. The van der Waals surface area contributed by atoms with Crippen LogP contribution in [-0.2, 0) is 37.0 Å². The number of fused-ring (bicyclic) bond motifs is 4. The second-order valence-corrected chi connectivity index (χ2v) is 33.7. The number of hydrogen-bond acceptors (Lipinski definition) is 21. The van der Waals surface area contributed by atoms with E-state index in [0.29, 0.717) is 43.0 Å². The van der Waals surface area contributed by atoms with Crippen molar-refractivity contribution in [1.29, 1.82) is 0 Å². The highest BCUT2D eigenvalue weighted by atomic mass is 19.1. The number of methoxy groups -OCH3 is 1. The minimum Gasteiger partial charge on any atom is -0.497 e. The van der Waals surface area contributed by atoms with Crippen LogP contribution < -0.4 is 26.0 Å². The highest BCUT2D eigenvalue weighted by Crippen LogP contribution is 2.46. The summed E-state index contributed by atoms with van der Waals surface area (Å²) in [6.07, 6.45) is 39.0. The summed E-state index contributed by atoms with van der Waals surface area (Å²) >= 11 is 0. The zero-order valence-corrected chi connectivity index (χ0v) is 76.2. The zero-order valence-electron chi connectivity index (χ0n) is 76.2. The lowest BCUT2D eigenvalue weighted by Crippen LogP contribution is -2.28. The minimum absolute atomic E-state index is 0.125. The fourth-order valence-corrected chi connectivity index (χ4v) is 17.5. The van der Waals surface area contributed by atoms with Crippen molar-refractivity contribution in [3.8, 4) is 96.3 Å². The summed E-state index contributed by atoms with van der Waals surface area (Å²) in [5, 5.41) is 13.2. The van der Waals surface area contributed by atoms with Crippen molar-refractivity contribution in [2.75, 3.05) is 54.6 Å². The maximum atomic E-state index is 13.7. The third-order valence-corrected chi connectivity index (χ3v) is 24.4. The first kappa shape index (κ1) is 91.1. The van der Waals surface area contributed by atoms with Crippen LogP contribution in [0.1, 0.15) is 155 Å². The molecule has 25 nitrogen and oxygen atoms in total. The van der Waals surface area contributed by atoms with Gasteiger partial charge in [0.1, 0.15) is 52.3 Å². The number of nitrogens with one attached hydrogen (secondary N) is 4. The summed E-state index contributed by atoms with van der Waals surface area (Å²) in [7, 11) is 1.66. The van der Waals surface area contributed by atoms with E-state index in [4.69, 9.17) is 49.3 Å². The molecule has 5 aliphatic rings. The molecule has 136 heavy (non-hydrogen) atoms. The molecule has 5 aromatic carbocycles. The summed E-state index contributed by atoms with van der Waals surface area (Å²) in [6.45, 7) is 9.70. The Balaban J connectivity index is 0.000000121. The van der Waals surface area contributed by atoms with Gasteiger partial charge in [-0.15, -0.1) is 0 Å². The molecule has 4 aliphatic heterocycles. The van der Waals surface area contributed by atoms with Crippen molar-refractivity contribution in [2.45, 2.75) is 147 Å². The average Bonchev–Trinajstić information content (AvgIpc) is 1.61. The topological polar surface area (TPSA) is 280 Å². The molecule has 16 aromatic rings. The molecule has 21 rings (SSSR count). The number of imidazole rings is 4. The molecule has 4 atom stereocenters. The first-order valence-electron chi connectivity index (χ1n) is 46.6. The Labute approximate surface area is 787 Å². The smallest absolute Gasteiger partial charge is 0.223 e. The number of ether oxygens (including phenoxy) is 2. The number of aryl methyl sites for hydroxylation is 4. The van der Waals surface area contributed by atoms with E-state index in [0.717, 1.165) is 245 Å². The molecule has 4 unspecified atom stereocenters. The Morgan fingerprint density at radius 1 is 0.360 bits per heavy atom. The summed E-state index contributed by atoms with van der Waals surface area (Å²) in [6, 6.07) is 60.1. The number of unbranched alkanes of at least 4 members (excludes halogenated alkanes) is 1. The van der Waals surface area contributed by atoms with Crippen molar-refractivity contribution in [3.05, 3.63) is 331 Å². The SMILES string of the molecule is CCCCNc1nccc(-c2c(-c3ccc(F)cc3)nc3n2C(/C=C/c2ccccn2)CC3)n1.CCCNc1nccc(-c2c(-c3ccc(F)cc3)nc3n2C(/C=C/c2ccccn2)CC3)n1.CCNc1nccc(-c2c(-c3ccc(F)cc3)nc3n2C(/C=C/c2ccccn2)CC3)n1.COc1ccc(COCC2CCc3nc(-c4ccc(F)cc4)c(-c4ccnc(NC5CCC5)n4)n32)cc1. The van der Waals surface area contributed by atoms with Crippen LogP contribution >= 0.6 is 0 Å². The van der Waals surface area contributed by atoms with Gasteiger partial charge >= 0.3 is 0 Å². The highest BCUT2D eigenvalue weighted by molar-refractivity contribution is 5.82. The number of allylic oxidation sites excluding steroid dienone is 3. The molecule has 1 fully saturated rings. The number of anilines is 4. The largest absolute Gasteiger partial charge is 0.497 e. The van der Waals surface area contributed by atoms with E-state index >= 15 is 0 Å². The number of aromatic nitrogens is 19. The summed E-state index contributed by atoms with van der Waals surface area (Å²) < 4.78 is 75.0. The second-order valence-electron chi connectivity index (χ2n) is 33.7. The normalized spacial score (nSPS) is 15.6. The molecule has 0 radical (unpaired) electrons. The fourth-order valence-electron chi connectivity index (χ4n) is 17.5. The highest BCUT2D eigenvalue weighted by Gasteiger charge is 2.36. The third kappa shape index (κ3) is 21.6. The lowest BCUT2D eigenvalue weighted by molar-refractivity contribution is 0.0924. The molecule has 0 bridgehead atoms. The standard InChI is InChI=1S/C29H30FN5O2.C27H27FN6.C26H25FN6.C25H23FN6/c1-36-24-12-5-19(6-13-24)17-37-18-23-11-14-26-34-27(20-7-9-21(30)10-8-20)28(35(23)26)25-15-16-31-29(33-25)32-22-3-2-4-22;1-2-3-16-30-27-31-18-15-23(32-27)26-25(19-7-9-20(28)10-8-19)33-24-14-13-22(34(24)26)12-11-21-6-4-5-17-29-21;1-2-15-29-26-30-17-14-22(31-26)25-24(18-6-8-19(27)9-7-18)32-23-13-12-21(33(23)25)11-10-20-5-3-4-16-28-20;1-2-27-25-29-16-14-21(30-25)24-23(17-6-8-18(26)9-7-17)31-22-13-12-20(32(22)24)11-10-19-5-3-4-15-28-19/h5-10,12-13,15-16,22-23H,2-4,11,14,17-18H2,1H3,(H,31,32,33);4-12,15,17-18,22H,2-3,13-14,16H2,1H3,(H,30,31,32);3-11,14,16-17,21H,2,12-13,15H2,1H3,(H,29,30,31);3-11,14-16,20H,2,12-13H2,1H3,(H,27,29,30)/b;12-11+;2*11-10+. The quantitative estimate of drug-likeness (QED) is 0.0240. The molecular formula is C107H105F4N23O2. The van der Waals surface area contributed by atoms with E-state index in [1.807, 2.05) is 116 Å². The molecule has 1 aliphatic carbocycles. The summed E-state index contributed by atoms with van der Waals surface area (Å²) in [5.74, 6) is 6.16. The fraction of sp³-hybridized carbons (Fsp3) is 0.262. The first-order chi connectivity index (χ1) is 66.8. The van der Waals surface area contributed by atoms with Gasteiger partial charge in [-0.2, -0.15) is 0 Å². The molecule has 688 valence electrons. The maximum Gasteiger partial charge on any atom is 0.223 e. The Hall–Kier alpha value is -15.4. The van der Waals surface area contributed by atoms with Gasteiger partial charge in [-0.1, -0.05) is 68.8 Å². The van der Waals surface area contributed by atoms with Crippen LogP contribution in [0.25, 0.3) is 109 Å². The van der Waals surface area contributed by atoms with Crippen LogP contribution in [-0.4, -0.2) is 132 Å². The van der Waals surface area contributed by atoms with Gasteiger partial charge in [-0.3, -0.25) is 15.0 Å². The number of nitrogens with zero attached hydrogens (tertiary/aromatic N) is 19. The van der Waals surface area contributed by atoms with Crippen LogP contribution in [0, 0.1) is 23.3 Å². The van der Waals surface area contributed by atoms with Crippen molar-refractivity contribution in [3.63, 3.8) is 0 Å².